The predicted molar refractivity (Wildman–Crippen MR) is 55.8 cm³/mol. The zero-order valence-electron chi connectivity index (χ0n) is 8.16. The highest BCUT2D eigenvalue weighted by molar-refractivity contribution is 5.98. The van der Waals surface area contributed by atoms with Gasteiger partial charge in [-0.25, -0.2) is 14.6 Å². The maximum absolute atomic E-state index is 11.4. The van der Waals surface area contributed by atoms with E-state index >= 15 is 0 Å². The number of H-pyrrole nitrogens is 2. The minimum Gasteiger partial charge on any atom is -0.351 e. The molecule has 2 amide bonds. The number of hydrogen-bond donors (Lipinski definition) is 4. The number of hydrogen-bond acceptors (Lipinski definition) is 4. The molecule has 0 fully saturated rings. The molecule has 84 valence electrons. The van der Waals surface area contributed by atoms with Gasteiger partial charge in [-0.1, -0.05) is 0 Å². The fourth-order valence-electron chi connectivity index (χ4n) is 1.49. The second-order valence-corrected chi connectivity index (χ2v) is 3.28. The third-order valence-corrected chi connectivity index (χ3v) is 2.14. The van der Waals surface area contributed by atoms with Gasteiger partial charge in [-0.05, 0) is 6.42 Å². The number of amides is 2. The van der Waals surface area contributed by atoms with Crippen molar-refractivity contribution in [2.45, 2.75) is 12.8 Å². The molecule has 1 aliphatic rings. The Labute approximate surface area is 88.6 Å². The van der Waals surface area contributed by atoms with Gasteiger partial charge in [0.25, 0.3) is 5.56 Å². The average molecular weight is 223 g/mol. The van der Waals surface area contributed by atoms with E-state index in [9.17, 15) is 14.4 Å². The maximum atomic E-state index is 11.4. The van der Waals surface area contributed by atoms with Crippen LogP contribution in [-0.2, 0) is 6.42 Å². The molecular formula is C8H9N5O3. The zero-order valence-corrected chi connectivity index (χ0v) is 8.16. The van der Waals surface area contributed by atoms with Crippen LogP contribution in [-0.4, -0.2) is 21.8 Å². The standard InChI is InChI=1S/C8H9N5O3/c9-7(15)11-4-2-1-3-5(10-4)12-8(16)13-6(3)14/h1-2H2,(H5,9,10,11,12,13,14,15,16). The highest BCUT2D eigenvalue weighted by Gasteiger charge is 2.16. The number of urea groups is 1. The summed E-state index contributed by atoms with van der Waals surface area (Å²) in [7, 11) is 0. The van der Waals surface area contributed by atoms with E-state index in [0.717, 1.165) is 0 Å². The van der Waals surface area contributed by atoms with Crippen LogP contribution in [0.5, 0.6) is 0 Å². The summed E-state index contributed by atoms with van der Waals surface area (Å²) in [5.41, 5.74) is 4.24. The fourth-order valence-corrected chi connectivity index (χ4v) is 1.49. The Balaban J connectivity index is 2.47. The van der Waals surface area contributed by atoms with E-state index in [1.165, 1.54) is 0 Å². The highest BCUT2D eigenvalue weighted by atomic mass is 16.2. The van der Waals surface area contributed by atoms with E-state index in [4.69, 9.17) is 5.73 Å². The molecule has 0 saturated heterocycles. The first kappa shape index (κ1) is 10.1. The topological polar surface area (TPSA) is 133 Å². The molecule has 5 N–H and O–H groups in total. The monoisotopic (exact) mass is 223 g/mol. The fraction of sp³-hybridized carbons (Fsp3) is 0.250. The molecule has 0 radical (unpaired) electrons. The lowest BCUT2D eigenvalue weighted by Crippen LogP contribution is -2.37. The molecule has 0 aliphatic carbocycles. The van der Waals surface area contributed by atoms with Crippen molar-refractivity contribution in [2.75, 3.05) is 0 Å². The lowest BCUT2D eigenvalue weighted by molar-refractivity contribution is 0.253. The van der Waals surface area contributed by atoms with E-state index < -0.39 is 17.3 Å². The molecule has 0 aromatic carbocycles. The van der Waals surface area contributed by atoms with Crippen LogP contribution in [0.2, 0.25) is 0 Å². The van der Waals surface area contributed by atoms with Crippen LogP contribution in [0.15, 0.2) is 14.6 Å². The zero-order chi connectivity index (χ0) is 11.7. The summed E-state index contributed by atoms with van der Waals surface area (Å²) in [5, 5.41) is 2.32. The van der Waals surface area contributed by atoms with Gasteiger partial charge >= 0.3 is 11.7 Å². The molecule has 0 atom stereocenters. The molecule has 8 heteroatoms. The van der Waals surface area contributed by atoms with Crippen LogP contribution in [0, 0.1) is 0 Å². The number of carbonyl (C=O) groups is 1. The average Bonchev–Trinajstić information content (AvgIpc) is 2.15. The van der Waals surface area contributed by atoms with E-state index in [-0.39, 0.29) is 5.82 Å². The Hall–Kier alpha value is -2.38. The molecule has 2 rings (SSSR count). The molecule has 1 aliphatic heterocycles. The van der Waals surface area contributed by atoms with Crippen molar-refractivity contribution in [3.8, 4) is 0 Å². The van der Waals surface area contributed by atoms with Crippen molar-refractivity contribution in [2.24, 2.45) is 10.7 Å². The number of nitrogens with two attached hydrogens (primary N) is 1. The second kappa shape index (κ2) is 3.65. The summed E-state index contributed by atoms with van der Waals surface area (Å²) in [6, 6.07) is -0.727. The third kappa shape index (κ3) is 1.85. The molecule has 8 nitrogen and oxygen atoms in total. The summed E-state index contributed by atoms with van der Waals surface area (Å²) >= 11 is 0. The molecule has 0 saturated carbocycles. The van der Waals surface area contributed by atoms with Crippen LogP contribution in [0.4, 0.5) is 10.6 Å². The van der Waals surface area contributed by atoms with Crippen LogP contribution in [0.1, 0.15) is 12.0 Å². The SMILES string of the molecule is NC(=O)NC1=Nc2[nH]c(=O)[nH]c(=O)c2CC1. The lowest BCUT2D eigenvalue weighted by Gasteiger charge is -2.13. The Morgan fingerprint density at radius 1 is 1.31 bits per heavy atom. The summed E-state index contributed by atoms with van der Waals surface area (Å²) in [5.74, 6) is 0.505. The lowest BCUT2D eigenvalue weighted by atomic mass is 10.1. The van der Waals surface area contributed by atoms with Gasteiger partial charge < -0.3 is 5.73 Å². The molecule has 2 heterocycles. The molecule has 1 aromatic heterocycles. The van der Waals surface area contributed by atoms with Crippen molar-refractivity contribution in [3.05, 3.63) is 26.4 Å². The van der Waals surface area contributed by atoms with Crippen molar-refractivity contribution >= 4 is 17.7 Å². The molecule has 0 spiro atoms. The Bertz CT molecular complexity index is 582. The van der Waals surface area contributed by atoms with E-state index in [0.29, 0.717) is 24.2 Å². The van der Waals surface area contributed by atoms with Crippen LogP contribution in [0.25, 0.3) is 0 Å². The van der Waals surface area contributed by atoms with E-state index in [1.54, 1.807) is 0 Å². The highest BCUT2D eigenvalue weighted by Crippen LogP contribution is 2.17. The number of aromatic amines is 2. The maximum Gasteiger partial charge on any atom is 0.327 e. The Kier molecular flexibility index (Phi) is 2.31. The molecule has 1 aromatic rings. The first-order valence-electron chi connectivity index (χ1n) is 4.56. The molecule has 16 heavy (non-hydrogen) atoms. The van der Waals surface area contributed by atoms with Crippen molar-refractivity contribution in [1.82, 2.24) is 15.3 Å². The number of rotatable bonds is 0. The number of carbonyl (C=O) groups excluding carboxylic acids is 1. The molecule has 0 unspecified atom stereocenters. The molecular weight excluding hydrogens is 214 g/mol. The van der Waals surface area contributed by atoms with E-state index in [2.05, 4.69) is 20.3 Å². The molecule has 0 bridgehead atoms. The van der Waals surface area contributed by atoms with Gasteiger partial charge in [-0.15, -0.1) is 0 Å². The van der Waals surface area contributed by atoms with Crippen LogP contribution < -0.4 is 22.3 Å². The number of nitrogens with zero attached hydrogens (tertiary/aromatic N) is 1. The Morgan fingerprint density at radius 3 is 2.75 bits per heavy atom. The summed E-state index contributed by atoms with van der Waals surface area (Å²) < 4.78 is 0. The quantitative estimate of drug-likeness (QED) is 0.436. The van der Waals surface area contributed by atoms with Gasteiger partial charge in [0.2, 0.25) is 0 Å². The third-order valence-electron chi connectivity index (χ3n) is 2.14. The smallest absolute Gasteiger partial charge is 0.327 e. The van der Waals surface area contributed by atoms with Gasteiger partial charge in [0, 0.05) is 6.42 Å². The predicted octanol–water partition coefficient (Wildman–Crippen LogP) is -1.29. The van der Waals surface area contributed by atoms with Gasteiger partial charge in [-0.3, -0.25) is 20.1 Å². The van der Waals surface area contributed by atoms with Gasteiger partial charge in [0.1, 0.15) is 11.7 Å². The Morgan fingerprint density at radius 2 is 2.06 bits per heavy atom. The van der Waals surface area contributed by atoms with Crippen LogP contribution >= 0.6 is 0 Å². The number of amidine groups is 1. The number of aliphatic imine (C=N–C) groups is 1. The largest absolute Gasteiger partial charge is 0.351 e. The first-order chi connectivity index (χ1) is 7.56. The van der Waals surface area contributed by atoms with Crippen molar-refractivity contribution in [1.29, 1.82) is 0 Å². The number of aromatic nitrogens is 2. The van der Waals surface area contributed by atoms with Crippen molar-refractivity contribution < 1.29 is 4.79 Å². The number of nitrogens with one attached hydrogen (secondary N) is 3. The van der Waals surface area contributed by atoms with Crippen LogP contribution in [0.3, 0.4) is 0 Å². The van der Waals surface area contributed by atoms with Gasteiger partial charge in [0.05, 0.1) is 5.56 Å². The number of fused-ring (bicyclic) bond motifs is 1. The van der Waals surface area contributed by atoms with E-state index in [1.807, 2.05) is 0 Å². The second-order valence-electron chi connectivity index (χ2n) is 3.28. The summed E-state index contributed by atoms with van der Waals surface area (Å²) in [4.78, 5) is 41.4. The first-order valence-corrected chi connectivity index (χ1v) is 4.56. The summed E-state index contributed by atoms with van der Waals surface area (Å²) in [6.45, 7) is 0. The van der Waals surface area contributed by atoms with Crippen molar-refractivity contribution in [3.63, 3.8) is 0 Å². The minimum absolute atomic E-state index is 0.170. The normalized spacial score (nSPS) is 13.9. The number of primary amides is 1. The van der Waals surface area contributed by atoms with Gasteiger partial charge in [0.15, 0.2) is 0 Å². The minimum atomic E-state index is -0.727. The summed E-state index contributed by atoms with van der Waals surface area (Å²) in [6.07, 6.45) is 0.783. The van der Waals surface area contributed by atoms with Gasteiger partial charge in [-0.2, -0.15) is 0 Å².